The quantitative estimate of drug-likeness (QED) is 0.411. The molecule has 0 fully saturated rings. The maximum Gasteiger partial charge on any atom is 0.274 e. The number of H-pyrrole nitrogens is 1. The molecule has 172 valence electrons. The van der Waals surface area contributed by atoms with E-state index in [1.165, 1.54) is 31.7 Å². The van der Waals surface area contributed by atoms with Crippen LogP contribution in [0.5, 0.6) is 11.6 Å². The van der Waals surface area contributed by atoms with Crippen LogP contribution < -0.4 is 15.6 Å². The minimum atomic E-state index is -1.48. The number of carbonyl (C=O) groups excluding carboxylic acids is 1. The van der Waals surface area contributed by atoms with Gasteiger partial charge in [-0.05, 0) is 32.9 Å². The van der Waals surface area contributed by atoms with Gasteiger partial charge in [-0.3, -0.25) is 9.59 Å². The molecule has 4 aromatic heterocycles. The van der Waals surface area contributed by atoms with Gasteiger partial charge in [0, 0.05) is 43.0 Å². The van der Waals surface area contributed by atoms with E-state index in [1.807, 2.05) is 0 Å². The fourth-order valence-electron chi connectivity index (χ4n) is 3.50. The Morgan fingerprint density at radius 2 is 2.12 bits per heavy atom. The summed E-state index contributed by atoms with van der Waals surface area (Å²) in [6.45, 7) is 4.75. The van der Waals surface area contributed by atoms with Crippen molar-refractivity contribution in [2.24, 2.45) is 7.05 Å². The van der Waals surface area contributed by atoms with Crippen LogP contribution in [0.25, 0.3) is 21.3 Å². The number of amides is 1. The lowest BCUT2D eigenvalue weighted by molar-refractivity contribution is 0.0785. The van der Waals surface area contributed by atoms with Crippen LogP contribution in [0, 0.1) is 12.7 Å². The maximum atomic E-state index is 15.6. The Labute approximate surface area is 192 Å². The van der Waals surface area contributed by atoms with Crippen LogP contribution >= 0.6 is 11.3 Å². The molecular weight excluding hydrogens is 447 g/mol. The van der Waals surface area contributed by atoms with Crippen LogP contribution in [0.2, 0.25) is 0 Å². The third-order valence-corrected chi connectivity index (χ3v) is 6.70. The summed E-state index contributed by atoms with van der Waals surface area (Å²) in [6.07, 6.45) is 3.10. The second-order valence-corrected chi connectivity index (χ2v) is 9.22. The number of hydrogen-bond acceptors (Lipinski definition) is 6. The molecule has 0 unspecified atom stereocenters. The van der Waals surface area contributed by atoms with E-state index in [1.54, 1.807) is 38.4 Å². The topological polar surface area (TPSA) is 109 Å². The molecule has 4 rings (SSSR count). The second kappa shape index (κ2) is 8.13. The molecule has 8 nitrogen and oxygen atoms in total. The van der Waals surface area contributed by atoms with Crippen LogP contribution in [0.3, 0.4) is 0 Å². The fourth-order valence-corrected chi connectivity index (χ4v) is 4.64. The molecule has 4 heterocycles. The van der Waals surface area contributed by atoms with Crippen molar-refractivity contribution in [1.29, 1.82) is 0 Å². The zero-order chi connectivity index (χ0) is 24.1. The molecule has 4 aromatic rings. The first kappa shape index (κ1) is 22.7. The minimum absolute atomic E-state index is 0.0742. The molecule has 0 aliphatic heterocycles. The lowest BCUT2D eigenvalue weighted by Crippen LogP contribution is -2.19. The van der Waals surface area contributed by atoms with E-state index >= 15 is 4.39 Å². The van der Waals surface area contributed by atoms with Crippen molar-refractivity contribution in [3.8, 4) is 22.1 Å². The SMILES string of the molecule is CNC(=O)c1cc2c(-c3sc(C(C)(C)O)c(F)c3Oc3ncccc3C)cn(C)c(=O)c2[nH]1. The van der Waals surface area contributed by atoms with Gasteiger partial charge < -0.3 is 24.7 Å². The van der Waals surface area contributed by atoms with Crippen molar-refractivity contribution in [2.45, 2.75) is 26.4 Å². The van der Waals surface area contributed by atoms with Crippen LogP contribution in [-0.2, 0) is 12.6 Å². The molecule has 0 spiro atoms. The number of aromatic amines is 1. The first-order chi connectivity index (χ1) is 15.5. The number of thiophene rings is 1. The summed E-state index contributed by atoms with van der Waals surface area (Å²) < 4.78 is 22.9. The molecule has 33 heavy (non-hydrogen) atoms. The predicted molar refractivity (Wildman–Crippen MR) is 124 cm³/mol. The minimum Gasteiger partial charge on any atom is -0.434 e. The Hall–Kier alpha value is -3.50. The number of pyridine rings is 2. The molecule has 0 bridgehead atoms. The zero-order valence-corrected chi connectivity index (χ0v) is 19.6. The number of hydrogen-bond donors (Lipinski definition) is 3. The fraction of sp³-hybridized carbons (Fsp3) is 0.261. The van der Waals surface area contributed by atoms with Gasteiger partial charge in [0.1, 0.15) is 11.2 Å². The van der Waals surface area contributed by atoms with E-state index in [2.05, 4.69) is 15.3 Å². The average Bonchev–Trinajstić information content (AvgIpc) is 3.34. The van der Waals surface area contributed by atoms with E-state index in [0.717, 1.165) is 11.3 Å². The Bertz CT molecular complexity index is 1450. The Balaban J connectivity index is 2.03. The molecule has 0 saturated carbocycles. The van der Waals surface area contributed by atoms with Gasteiger partial charge in [0.15, 0.2) is 11.6 Å². The standard InChI is InChI=1S/C23H23FN4O4S/c1-11-7-6-8-26-21(11)32-17-15(24)19(23(2,3)31)33-18(17)13-10-28(5)22(30)16-12(13)9-14(27-16)20(29)25-4/h6-10,27,31H,1-5H3,(H,25,29). The van der Waals surface area contributed by atoms with Crippen molar-refractivity contribution in [3.05, 3.63) is 62.9 Å². The zero-order valence-electron chi connectivity index (χ0n) is 18.7. The summed E-state index contributed by atoms with van der Waals surface area (Å²) in [6, 6.07) is 5.07. The van der Waals surface area contributed by atoms with Gasteiger partial charge in [0.2, 0.25) is 5.88 Å². The number of aliphatic hydroxyl groups is 1. The van der Waals surface area contributed by atoms with Gasteiger partial charge in [-0.15, -0.1) is 11.3 Å². The van der Waals surface area contributed by atoms with Crippen molar-refractivity contribution in [1.82, 2.24) is 19.9 Å². The molecule has 0 aliphatic rings. The van der Waals surface area contributed by atoms with Crippen LogP contribution in [0.15, 0.2) is 35.4 Å². The molecule has 3 N–H and O–H groups in total. The van der Waals surface area contributed by atoms with Crippen LogP contribution in [-0.4, -0.2) is 32.6 Å². The smallest absolute Gasteiger partial charge is 0.274 e. The maximum absolute atomic E-state index is 15.6. The molecule has 10 heteroatoms. The molecule has 0 aromatic carbocycles. The van der Waals surface area contributed by atoms with Crippen molar-refractivity contribution in [2.75, 3.05) is 7.05 Å². The van der Waals surface area contributed by atoms with Crippen LogP contribution in [0.1, 0.15) is 34.8 Å². The Morgan fingerprint density at radius 1 is 1.39 bits per heavy atom. The van der Waals surface area contributed by atoms with E-state index in [9.17, 15) is 14.7 Å². The lowest BCUT2D eigenvalue weighted by Gasteiger charge is -2.14. The number of nitrogens with one attached hydrogen (secondary N) is 2. The van der Waals surface area contributed by atoms with E-state index in [-0.39, 0.29) is 33.3 Å². The molecule has 0 atom stereocenters. The third kappa shape index (κ3) is 3.91. The van der Waals surface area contributed by atoms with E-state index < -0.39 is 17.3 Å². The van der Waals surface area contributed by atoms with Crippen molar-refractivity contribution in [3.63, 3.8) is 0 Å². The molecule has 0 saturated heterocycles. The Kier molecular flexibility index (Phi) is 5.59. The largest absolute Gasteiger partial charge is 0.434 e. The number of aryl methyl sites for hydroxylation is 2. The van der Waals surface area contributed by atoms with Gasteiger partial charge in [-0.2, -0.15) is 0 Å². The number of aromatic nitrogens is 3. The highest BCUT2D eigenvalue weighted by atomic mass is 32.1. The molecular formula is C23H23FN4O4S. The summed E-state index contributed by atoms with van der Waals surface area (Å²) in [5.74, 6) is -0.994. The van der Waals surface area contributed by atoms with Gasteiger partial charge in [0.25, 0.3) is 11.5 Å². The first-order valence-corrected chi connectivity index (χ1v) is 10.9. The first-order valence-electron chi connectivity index (χ1n) is 10.1. The summed E-state index contributed by atoms with van der Waals surface area (Å²) >= 11 is 1.02. The molecule has 0 aliphatic carbocycles. The summed E-state index contributed by atoms with van der Waals surface area (Å²) in [5.41, 5.74) is -0.247. The predicted octanol–water partition coefficient (Wildman–Crippen LogP) is 3.82. The number of nitrogens with zero attached hydrogens (tertiary/aromatic N) is 2. The van der Waals surface area contributed by atoms with Crippen LogP contribution in [0.4, 0.5) is 4.39 Å². The van der Waals surface area contributed by atoms with Gasteiger partial charge in [-0.25, -0.2) is 9.37 Å². The molecule has 1 amide bonds. The van der Waals surface area contributed by atoms with E-state index in [4.69, 9.17) is 4.74 Å². The highest BCUT2D eigenvalue weighted by Crippen LogP contribution is 2.48. The van der Waals surface area contributed by atoms with Gasteiger partial charge >= 0.3 is 0 Å². The van der Waals surface area contributed by atoms with Gasteiger partial charge in [0.05, 0.1) is 15.4 Å². The summed E-state index contributed by atoms with van der Waals surface area (Å²) in [4.78, 5) is 32.4. The Morgan fingerprint density at radius 3 is 2.76 bits per heavy atom. The van der Waals surface area contributed by atoms with Crippen molar-refractivity contribution < 1.29 is 19.0 Å². The number of carbonyl (C=O) groups is 1. The van der Waals surface area contributed by atoms with Gasteiger partial charge in [-0.1, -0.05) is 6.07 Å². The monoisotopic (exact) mass is 470 g/mol. The third-order valence-electron chi connectivity index (χ3n) is 5.21. The summed E-state index contributed by atoms with van der Waals surface area (Å²) in [5, 5.41) is 13.5. The number of halogens is 1. The highest BCUT2D eigenvalue weighted by Gasteiger charge is 2.32. The average molecular weight is 471 g/mol. The lowest BCUT2D eigenvalue weighted by atomic mass is 10.1. The molecule has 0 radical (unpaired) electrons. The van der Waals surface area contributed by atoms with E-state index in [0.29, 0.717) is 21.4 Å². The number of ether oxygens (including phenoxy) is 1. The van der Waals surface area contributed by atoms with Crippen molar-refractivity contribution >= 4 is 28.1 Å². The number of fused-ring (bicyclic) bond motifs is 1. The number of rotatable bonds is 5. The summed E-state index contributed by atoms with van der Waals surface area (Å²) in [7, 11) is 3.05. The highest BCUT2D eigenvalue weighted by molar-refractivity contribution is 7.16. The normalized spacial score (nSPS) is 11.7. The second-order valence-electron chi connectivity index (χ2n) is 8.20.